The molecular weight excluding hydrogens is 718 g/mol. The summed E-state index contributed by atoms with van der Waals surface area (Å²) in [6, 6.07) is 18.3. The van der Waals surface area contributed by atoms with E-state index in [2.05, 4.69) is 124 Å². The van der Waals surface area contributed by atoms with Gasteiger partial charge in [0.1, 0.15) is 0 Å². The number of benzene rings is 3. The molecular formula is C47H69N3O4Ti. The van der Waals surface area contributed by atoms with Crippen molar-refractivity contribution in [2.24, 2.45) is 9.98 Å². The van der Waals surface area contributed by atoms with Gasteiger partial charge in [0.05, 0.1) is 12.1 Å². The Hall–Kier alpha value is -2.81. The predicted molar refractivity (Wildman–Crippen MR) is 221 cm³/mol. The Balaban J connectivity index is 0.00000153. The van der Waals surface area contributed by atoms with Crippen LogP contribution in [0.25, 0.3) is 0 Å². The Bertz CT molecular complexity index is 1580. The molecule has 0 N–H and O–H groups in total. The van der Waals surface area contributed by atoms with Gasteiger partial charge in [-0.05, 0) is 60.6 Å². The summed E-state index contributed by atoms with van der Waals surface area (Å²) in [6.07, 6.45) is 2.73. The number of hydrogen-bond acceptors (Lipinski definition) is 7. The van der Waals surface area contributed by atoms with E-state index in [1.807, 2.05) is 18.2 Å². The van der Waals surface area contributed by atoms with Gasteiger partial charge >= 0.3 is 21.7 Å². The van der Waals surface area contributed by atoms with Crippen LogP contribution >= 0.6 is 0 Å². The summed E-state index contributed by atoms with van der Waals surface area (Å²) in [4.78, 5) is 12.5. The Morgan fingerprint density at radius 1 is 0.600 bits per heavy atom. The quantitative estimate of drug-likeness (QED) is 0.192. The first-order valence-electron chi connectivity index (χ1n) is 19.5. The van der Waals surface area contributed by atoms with E-state index in [1.54, 1.807) is 40.1 Å². The number of aliphatic imine (C=N–C) groups is 2. The maximum Gasteiger partial charge on any atom is 4.00 e. The summed E-state index contributed by atoms with van der Waals surface area (Å²) in [5.41, 5.74) is 5.58. The van der Waals surface area contributed by atoms with Crippen LogP contribution in [0.4, 0.5) is 0 Å². The second-order valence-corrected chi connectivity index (χ2v) is 19.4. The summed E-state index contributed by atoms with van der Waals surface area (Å²) >= 11 is 0. The standard InChI is InChI=1S/C41H57N3O2.2C3H7O.Ti/c1-38(2,3)30-18-28(36(45)32(20-30)40(7,8)9)22-42-34-25-44(24-27-16-14-13-15-17-27)26-35(34)43-23-29-19-31(39(4,5)6)21-33(37(29)46)41(10,11)12;2*1-3(2)4;/h13-23,34-35,45-46H,24-26H2,1-12H3;2*3H,1-2H3;/q;2*-1;+4/p-2/t34-,35-;;;/m1.../s1. The van der Waals surface area contributed by atoms with Crippen LogP contribution in [0.2, 0.25) is 0 Å². The molecule has 0 spiro atoms. The van der Waals surface area contributed by atoms with Crippen molar-refractivity contribution < 1.29 is 42.1 Å². The predicted octanol–water partition coefficient (Wildman–Crippen LogP) is 7.32. The molecule has 1 aliphatic rings. The summed E-state index contributed by atoms with van der Waals surface area (Å²) in [7, 11) is 0. The van der Waals surface area contributed by atoms with Gasteiger partial charge in [-0.3, -0.25) is 14.9 Å². The third kappa shape index (κ3) is 16.3. The van der Waals surface area contributed by atoms with Gasteiger partial charge in [-0.15, -0.1) is 12.2 Å². The molecule has 0 saturated carbocycles. The molecule has 300 valence electrons. The summed E-state index contributed by atoms with van der Waals surface area (Å²) < 4.78 is 0. The third-order valence-electron chi connectivity index (χ3n) is 8.98. The van der Waals surface area contributed by atoms with Gasteiger partial charge in [-0.25, -0.2) is 0 Å². The van der Waals surface area contributed by atoms with E-state index >= 15 is 0 Å². The van der Waals surface area contributed by atoms with E-state index < -0.39 is 12.2 Å². The summed E-state index contributed by atoms with van der Waals surface area (Å²) in [6.45, 7) is 34.2. The fourth-order valence-electron chi connectivity index (χ4n) is 5.94. The van der Waals surface area contributed by atoms with Crippen LogP contribution in [0.3, 0.4) is 0 Å². The molecule has 0 amide bonds. The molecule has 0 aliphatic carbocycles. The maximum atomic E-state index is 13.7. The second kappa shape index (κ2) is 20.6. The number of nitrogens with zero attached hydrogens (tertiary/aromatic N) is 3. The molecule has 2 atom stereocenters. The van der Waals surface area contributed by atoms with E-state index in [4.69, 9.17) is 9.98 Å². The molecule has 0 unspecified atom stereocenters. The Kier molecular flexibility index (Phi) is 18.8. The molecule has 1 aliphatic heterocycles. The van der Waals surface area contributed by atoms with Crippen molar-refractivity contribution in [3.63, 3.8) is 0 Å². The van der Waals surface area contributed by atoms with Gasteiger partial charge in [-0.1, -0.05) is 177 Å². The van der Waals surface area contributed by atoms with Gasteiger partial charge in [-0.2, -0.15) is 0 Å². The van der Waals surface area contributed by atoms with E-state index in [-0.39, 0.29) is 67.0 Å². The number of hydrogen-bond donors (Lipinski definition) is 0. The van der Waals surface area contributed by atoms with Gasteiger partial charge in [0, 0.05) is 32.1 Å². The molecule has 0 radical (unpaired) electrons. The van der Waals surface area contributed by atoms with Gasteiger partial charge in [0.25, 0.3) is 0 Å². The molecule has 1 fully saturated rings. The zero-order valence-electron chi connectivity index (χ0n) is 36.8. The van der Waals surface area contributed by atoms with Crippen LogP contribution < -0.4 is 20.4 Å². The molecule has 0 aromatic heterocycles. The SMILES string of the molecule is CC(C)(C)c1cc(C=N[C@@H]2CN(Cc3ccccc3)C[C@H]2N=Cc2cc(C(C)(C)C)cc(C(C)(C)C)c2[O-])c([O-])c(C(C)(C)C)c1.CC(C)[O-].CC(C)[O-].[Ti+4]. The van der Waals surface area contributed by atoms with Crippen LogP contribution in [-0.4, -0.2) is 54.7 Å². The first-order chi connectivity index (χ1) is 24.6. The molecule has 4 rings (SSSR count). The Morgan fingerprint density at radius 2 is 0.927 bits per heavy atom. The molecule has 8 heteroatoms. The van der Waals surface area contributed by atoms with E-state index in [9.17, 15) is 20.4 Å². The van der Waals surface area contributed by atoms with Crippen LogP contribution in [-0.2, 0) is 49.9 Å². The van der Waals surface area contributed by atoms with Crippen LogP contribution in [0.15, 0.2) is 64.6 Å². The Morgan fingerprint density at radius 3 is 1.22 bits per heavy atom. The fraction of sp³-hybridized carbons (Fsp3) is 0.574. The minimum Gasteiger partial charge on any atom is -0.872 e. The van der Waals surface area contributed by atoms with E-state index in [0.29, 0.717) is 24.2 Å². The van der Waals surface area contributed by atoms with Crippen molar-refractivity contribution in [1.29, 1.82) is 0 Å². The Labute approximate surface area is 349 Å². The summed E-state index contributed by atoms with van der Waals surface area (Å²) in [5.74, 6) is 0.0706. The largest absolute Gasteiger partial charge is 4.00 e. The van der Waals surface area contributed by atoms with Crippen LogP contribution in [0.5, 0.6) is 11.5 Å². The zero-order valence-corrected chi connectivity index (χ0v) is 38.3. The monoisotopic (exact) mass is 787 g/mol. The maximum absolute atomic E-state index is 13.7. The molecule has 3 aromatic carbocycles. The zero-order chi connectivity index (χ0) is 41.4. The number of rotatable bonds is 6. The van der Waals surface area contributed by atoms with Gasteiger partial charge in [0.15, 0.2) is 0 Å². The van der Waals surface area contributed by atoms with Crippen molar-refractivity contribution >= 4 is 12.4 Å². The third-order valence-corrected chi connectivity index (χ3v) is 8.98. The average Bonchev–Trinajstić information content (AvgIpc) is 3.38. The fourth-order valence-corrected chi connectivity index (χ4v) is 5.94. The molecule has 55 heavy (non-hydrogen) atoms. The van der Waals surface area contributed by atoms with Crippen molar-refractivity contribution in [3.05, 3.63) is 93.5 Å². The van der Waals surface area contributed by atoms with E-state index in [1.165, 1.54) is 5.56 Å². The van der Waals surface area contributed by atoms with Gasteiger partial charge in [0.2, 0.25) is 0 Å². The smallest absolute Gasteiger partial charge is 0.872 e. The van der Waals surface area contributed by atoms with Crippen LogP contribution in [0.1, 0.15) is 150 Å². The van der Waals surface area contributed by atoms with E-state index in [0.717, 1.165) is 28.8 Å². The van der Waals surface area contributed by atoms with Crippen molar-refractivity contribution in [2.45, 2.75) is 163 Å². The second-order valence-electron chi connectivity index (χ2n) is 19.4. The van der Waals surface area contributed by atoms with Crippen molar-refractivity contribution in [3.8, 4) is 11.5 Å². The first kappa shape index (κ1) is 50.2. The molecule has 1 heterocycles. The molecule has 0 bridgehead atoms. The molecule has 7 nitrogen and oxygen atoms in total. The minimum atomic E-state index is -0.417. The minimum absolute atomic E-state index is 0. The normalized spacial score (nSPS) is 16.9. The summed E-state index contributed by atoms with van der Waals surface area (Å²) in [5, 5.41) is 46.4. The topological polar surface area (TPSA) is 120 Å². The first-order valence-corrected chi connectivity index (χ1v) is 19.5. The van der Waals surface area contributed by atoms with Crippen molar-refractivity contribution in [1.82, 2.24) is 4.90 Å². The molecule has 3 aromatic rings. The van der Waals surface area contributed by atoms with Gasteiger partial charge < -0.3 is 20.4 Å². The number of likely N-dealkylation sites (tertiary alicyclic amines) is 1. The molecule has 1 saturated heterocycles. The van der Waals surface area contributed by atoms with Crippen molar-refractivity contribution in [2.75, 3.05) is 13.1 Å². The average molecular weight is 788 g/mol. The van der Waals surface area contributed by atoms with Crippen LogP contribution in [0, 0.1) is 0 Å².